The number of rotatable bonds is 4. The molecule has 24 heavy (non-hydrogen) atoms. The van der Waals surface area contributed by atoms with Gasteiger partial charge < -0.3 is 4.74 Å². The fourth-order valence-corrected chi connectivity index (χ4v) is 2.72. The van der Waals surface area contributed by atoms with E-state index in [4.69, 9.17) is 4.74 Å². The predicted molar refractivity (Wildman–Crippen MR) is 88.0 cm³/mol. The van der Waals surface area contributed by atoms with Gasteiger partial charge in [0.05, 0.1) is 23.2 Å². The summed E-state index contributed by atoms with van der Waals surface area (Å²) in [6.45, 7) is 3.79. The van der Waals surface area contributed by atoms with E-state index in [1.165, 1.54) is 0 Å². The number of nitrogens with zero attached hydrogens (tertiary/aromatic N) is 1. The zero-order valence-electron chi connectivity index (χ0n) is 13.5. The van der Waals surface area contributed by atoms with Crippen LogP contribution in [0.5, 0.6) is 0 Å². The van der Waals surface area contributed by atoms with Crippen LogP contribution in [0.1, 0.15) is 42.2 Å². The molecule has 0 N–H and O–H groups in total. The summed E-state index contributed by atoms with van der Waals surface area (Å²) in [6, 6.07) is 12.1. The molecular formula is C19H17NO4. The third-order valence-electron chi connectivity index (χ3n) is 4.25. The summed E-state index contributed by atoms with van der Waals surface area (Å²) in [4.78, 5) is 37.7. The molecule has 2 aromatic carbocycles. The van der Waals surface area contributed by atoms with Gasteiger partial charge in [-0.25, -0.2) is 4.79 Å². The van der Waals surface area contributed by atoms with Gasteiger partial charge in [0, 0.05) is 0 Å². The third-order valence-corrected chi connectivity index (χ3v) is 4.25. The van der Waals surface area contributed by atoms with Crippen molar-refractivity contribution in [2.24, 2.45) is 0 Å². The van der Waals surface area contributed by atoms with Gasteiger partial charge in [-0.3, -0.25) is 14.5 Å². The molecule has 3 rings (SSSR count). The van der Waals surface area contributed by atoms with Crippen LogP contribution in [0.3, 0.4) is 0 Å². The van der Waals surface area contributed by atoms with Crippen LogP contribution in [0, 0.1) is 13.8 Å². The number of ether oxygens (including phenoxy) is 1. The van der Waals surface area contributed by atoms with Crippen molar-refractivity contribution < 1.29 is 19.1 Å². The van der Waals surface area contributed by atoms with E-state index < -0.39 is 5.97 Å². The maximum atomic E-state index is 12.2. The molecule has 0 radical (unpaired) electrons. The second kappa shape index (κ2) is 6.28. The van der Waals surface area contributed by atoms with Gasteiger partial charge >= 0.3 is 5.97 Å². The molecule has 0 bridgehead atoms. The highest BCUT2D eigenvalue weighted by molar-refractivity contribution is 6.21. The van der Waals surface area contributed by atoms with Gasteiger partial charge in [-0.05, 0) is 43.2 Å². The molecule has 0 spiro atoms. The molecule has 1 aliphatic rings. The van der Waals surface area contributed by atoms with Crippen LogP contribution in [-0.2, 0) is 4.74 Å². The number of benzene rings is 2. The summed E-state index contributed by atoms with van der Waals surface area (Å²) in [6.07, 6.45) is 0. The largest absolute Gasteiger partial charge is 0.460 e. The molecule has 5 heteroatoms. The van der Waals surface area contributed by atoms with E-state index >= 15 is 0 Å². The van der Waals surface area contributed by atoms with Crippen molar-refractivity contribution in [3.63, 3.8) is 0 Å². The van der Waals surface area contributed by atoms with Crippen LogP contribution in [0.25, 0.3) is 0 Å². The third kappa shape index (κ3) is 2.69. The van der Waals surface area contributed by atoms with Gasteiger partial charge in [-0.1, -0.05) is 24.3 Å². The second-order valence-electron chi connectivity index (χ2n) is 5.69. The van der Waals surface area contributed by atoms with Crippen molar-refractivity contribution in [3.05, 3.63) is 70.3 Å². The van der Waals surface area contributed by atoms with Crippen LogP contribution in [0.2, 0.25) is 0 Å². The van der Waals surface area contributed by atoms with Crippen molar-refractivity contribution in [3.8, 4) is 0 Å². The summed E-state index contributed by atoms with van der Waals surface area (Å²) in [5.74, 6) is -1.15. The van der Waals surface area contributed by atoms with Crippen molar-refractivity contribution >= 4 is 17.8 Å². The lowest BCUT2D eigenvalue weighted by Crippen LogP contribution is -2.33. The molecule has 0 saturated carbocycles. The van der Waals surface area contributed by atoms with Crippen LogP contribution in [-0.4, -0.2) is 35.8 Å². The molecule has 0 aromatic heterocycles. The smallest absolute Gasteiger partial charge is 0.338 e. The number of hydrogen-bond acceptors (Lipinski definition) is 4. The quantitative estimate of drug-likeness (QED) is 0.641. The standard InChI is InChI=1S/C19H17NO4/c1-12-6-5-9-14(13(12)2)19(23)24-11-10-20-17(21)15-7-3-4-8-16(15)18(20)22/h3-9H,10-11H2,1-2H3. The average molecular weight is 323 g/mol. The molecule has 122 valence electrons. The van der Waals surface area contributed by atoms with Gasteiger partial charge in [0.25, 0.3) is 11.8 Å². The molecule has 0 unspecified atom stereocenters. The number of hydrogen-bond donors (Lipinski definition) is 0. The summed E-state index contributed by atoms with van der Waals surface area (Å²) in [5, 5.41) is 0. The predicted octanol–water partition coefficient (Wildman–Crippen LogP) is 2.76. The molecule has 1 heterocycles. The lowest BCUT2D eigenvalue weighted by Gasteiger charge is -2.14. The minimum Gasteiger partial charge on any atom is -0.460 e. The van der Waals surface area contributed by atoms with Gasteiger partial charge in [0.1, 0.15) is 6.61 Å². The Bertz CT molecular complexity index is 806. The minimum atomic E-state index is -0.451. The molecule has 0 saturated heterocycles. The molecule has 2 aromatic rings. The minimum absolute atomic E-state index is 0.0301. The molecule has 0 aliphatic carbocycles. The zero-order chi connectivity index (χ0) is 17.3. The lowest BCUT2D eigenvalue weighted by atomic mass is 10.0. The highest BCUT2D eigenvalue weighted by atomic mass is 16.5. The fraction of sp³-hybridized carbons (Fsp3) is 0.211. The number of carbonyl (C=O) groups is 3. The highest BCUT2D eigenvalue weighted by Crippen LogP contribution is 2.22. The van der Waals surface area contributed by atoms with Crippen molar-refractivity contribution in [1.29, 1.82) is 0 Å². The van der Waals surface area contributed by atoms with Crippen LogP contribution in [0.4, 0.5) is 0 Å². The Kier molecular flexibility index (Phi) is 4.16. The molecule has 2 amide bonds. The molecule has 1 aliphatic heterocycles. The first kappa shape index (κ1) is 15.9. The van der Waals surface area contributed by atoms with Crippen molar-refractivity contribution in [2.75, 3.05) is 13.2 Å². The van der Waals surface area contributed by atoms with Crippen molar-refractivity contribution in [2.45, 2.75) is 13.8 Å². The van der Waals surface area contributed by atoms with E-state index in [0.717, 1.165) is 16.0 Å². The zero-order valence-corrected chi connectivity index (χ0v) is 13.5. The summed E-state index contributed by atoms with van der Waals surface area (Å²) in [7, 11) is 0. The molecule has 0 atom stereocenters. The molecule has 5 nitrogen and oxygen atoms in total. The Morgan fingerprint density at radius 2 is 1.58 bits per heavy atom. The first-order valence-electron chi connectivity index (χ1n) is 7.69. The van der Waals surface area contributed by atoms with Crippen molar-refractivity contribution in [1.82, 2.24) is 4.90 Å². The van der Waals surface area contributed by atoms with E-state index in [-0.39, 0.29) is 25.0 Å². The molecule has 0 fully saturated rings. The molecular weight excluding hydrogens is 306 g/mol. The second-order valence-corrected chi connectivity index (χ2v) is 5.69. The van der Waals surface area contributed by atoms with E-state index in [9.17, 15) is 14.4 Å². The first-order chi connectivity index (χ1) is 11.5. The summed E-state index contributed by atoms with van der Waals surface area (Å²) < 4.78 is 5.24. The Morgan fingerprint density at radius 3 is 2.21 bits per heavy atom. The number of imide groups is 1. The summed E-state index contributed by atoms with van der Waals surface area (Å²) >= 11 is 0. The Balaban J connectivity index is 1.63. The monoisotopic (exact) mass is 323 g/mol. The Hall–Kier alpha value is -2.95. The van der Waals surface area contributed by atoms with E-state index in [2.05, 4.69) is 0 Å². The van der Waals surface area contributed by atoms with E-state index in [0.29, 0.717) is 16.7 Å². The Labute approximate surface area is 139 Å². The maximum Gasteiger partial charge on any atom is 0.338 e. The topological polar surface area (TPSA) is 63.7 Å². The maximum absolute atomic E-state index is 12.2. The number of carbonyl (C=O) groups excluding carboxylic acids is 3. The van der Waals surface area contributed by atoms with Crippen LogP contribution >= 0.6 is 0 Å². The highest BCUT2D eigenvalue weighted by Gasteiger charge is 2.34. The number of esters is 1. The van der Waals surface area contributed by atoms with Gasteiger partial charge in [-0.2, -0.15) is 0 Å². The van der Waals surface area contributed by atoms with Gasteiger partial charge in [0.15, 0.2) is 0 Å². The number of aryl methyl sites for hydroxylation is 1. The SMILES string of the molecule is Cc1cccc(C(=O)OCCN2C(=O)c3ccccc3C2=O)c1C. The lowest BCUT2D eigenvalue weighted by molar-refractivity contribution is 0.0419. The average Bonchev–Trinajstić information content (AvgIpc) is 2.82. The normalized spacial score (nSPS) is 13.2. The summed E-state index contributed by atoms with van der Waals surface area (Å²) in [5.41, 5.74) is 3.15. The van der Waals surface area contributed by atoms with Crippen LogP contribution < -0.4 is 0 Å². The number of fused-ring (bicyclic) bond motifs is 1. The first-order valence-corrected chi connectivity index (χ1v) is 7.69. The van der Waals surface area contributed by atoms with Gasteiger partial charge in [-0.15, -0.1) is 0 Å². The van der Waals surface area contributed by atoms with E-state index in [1.807, 2.05) is 19.9 Å². The fourth-order valence-electron chi connectivity index (χ4n) is 2.72. The van der Waals surface area contributed by atoms with Crippen LogP contribution in [0.15, 0.2) is 42.5 Å². The Morgan fingerprint density at radius 1 is 0.958 bits per heavy atom. The van der Waals surface area contributed by atoms with E-state index in [1.54, 1.807) is 36.4 Å². The number of amides is 2. The van der Waals surface area contributed by atoms with Gasteiger partial charge in [0.2, 0.25) is 0 Å².